The van der Waals surface area contributed by atoms with Gasteiger partial charge >= 0.3 is 0 Å². The van der Waals surface area contributed by atoms with Gasteiger partial charge in [0, 0.05) is 18.2 Å². The van der Waals surface area contributed by atoms with Crippen molar-refractivity contribution >= 4 is 0 Å². The first kappa shape index (κ1) is 14.0. The van der Waals surface area contributed by atoms with E-state index in [9.17, 15) is 0 Å². The van der Waals surface area contributed by atoms with Gasteiger partial charge in [-0.1, -0.05) is 32.6 Å². The SMILES string of the molecule is CCC(C)(CCO)NC(C)CC1CCCC1. The molecule has 1 fully saturated rings. The van der Waals surface area contributed by atoms with Crippen LogP contribution < -0.4 is 5.32 Å². The van der Waals surface area contributed by atoms with E-state index in [2.05, 4.69) is 26.1 Å². The fourth-order valence-electron chi connectivity index (χ4n) is 3.00. The summed E-state index contributed by atoms with van der Waals surface area (Å²) < 4.78 is 0. The maximum atomic E-state index is 9.09. The Balaban J connectivity index is 2.32. The van der Waals surface area contributed by atoms with Crippen LogP contribution in [0.15, 0.2) is 0 Å². The highest BCUT2D eigenvalue weighted by atomic mass is 16.3. The first-order valence-corrected chi connectivity index (χ1v) is 6.98. The molecule has 0 saturated heterocycles. The maximum absolute atomic E-state index is 9.09. The molecule has 2 nitrogen and oxygen atoms in total. The van der Waals surface area contributed by atoms with Gasteiger partial charge in [-0.2, -0.15) is 0 Å². The van der Waals surface area contributed by atoms with Gasteiger partial charge in [0.25, 0.3) is 0 Å². The van der Waals surface area contributed by atoms with E-state index in [1.807, 2.05) is 0 Å². The van der Waals surface area contributed by atoms with E-state index >= 15 is 0 Å². The van der Waals surface area contributed by atoms with Crippen molar-refractivity contribution in [3.8, 4) is 0 Å². The molecule has 16 heavy (non-hydrogen) atoms. The normalized spacial score (nSPS) is 23.2. The summed E-state index contributed by atoms with van der Waals surface area (Å²) >= 11 is 0. The molecule has 0 aliphatic heterocycles. The molecule has 1 rings (SSSR count). The molecule has 0 bridgehead atoms. The summed E-state index contributed by atoms with van der Waals surface area (Å²) in [5.74, 6) is 0.942. The van der Waals surface area contributed by atoms with Gasteiger partial charge in [0.15, 0.2) is 0 Å². The number of nitrogens with one attached hydrogen (secondary N) is 1. The van der Waals surface area contributed by atoms with E-state index in [-0.39, 0.29) is 12.1 Å². The molecule has 2 unspecified atom stereocenters. The fourth-order valence-corrected chi connectivity index (χ4v) is 3.00. The second kappa shape index (κ2) is 6.61. The predicted octanol–water partition coefficient (Wildman–Crippen LogP) is 3.10. The van der Waals surface area contributed by atoms with Gasteiger partial charge in [-0.05, 0) is 39.0 Å². The van der Waals surface area contributed by atoms with Gasteiger partial charge in [0.05, 0.1) is 0 Å². The molecule has 2 heteroatoms. The van der Waals surface area contributed by atoms with Crippen molar-refractivity contribution in [1.29, 1.82) is 0 Å². The highest BCUT2D eigenvalue weighted by molar-refractivity contribution is 4.85. The quantitative estimate of drug-likeness (QED) is 0.700. The Morgan fingerprint density at radius 3 is 2.50 bits per heavy atom. The summed E-state index contributed by atoms with van der Waals surface area (Å²) in [5.41, 5.74) is 0.118. The average molecular weight is 227 g/mol. The van der Waals surface area contributed by atoms with Crippen LogP contribution in [-0.4, -0.2) is 23.3 Å². The molecular weight excluding hydrogens is 198 g/mol. The zero-order chi connectivity index (χ0) is 12.0. The highest BCUT2D eigenvalue weighted by Gasteiger charge is 2.25. The topological polar surface area (TPSA) is 32.3 Å². The molecule has 2 N–H and O–H groups in total. The lowest BCUT2D eigenvalue weighted by molar-refractivity contribution is 0.197. The number of aliphatic hydroxyl groups is 1. The van der Waals surface area contributed by atoms with Crippen molar-refractivity contribution in [1.82, 2.24) is 5.32 Å². The number of hydrogen-bond donors (Lipinski definition) is 2. The minimum atomic E-state index is 0.118. The molecule has 0 amide bonds. The van der Waals surface area contributed by atoms with Crippen LogP contribution in [-0.2, 0) is 0 Å². The Bertz CT molecular complexity index is 189. The van der Waals surface area contributed by atoms with Crippen molar-refractivity contribution in [2.45, 2.75) is 77.3 Å². The Morgan fingerprint density at radius 1 is 1.38 bits per heavy atom. The third-order valence-electron chi connectivity index (χ3n) is 4.20. The molecular formula is C14H29NO. The summed E-state index contributed by atoms with van der Waals surface area (Å²) in [6.07, 6.45) is 8.96. The van der Waals surface area contributed by atoms with Crippen molar-refractivity contribution in [2.75, 3.05) is 6.61 Å². The van der Waals surface area contributed by atoms with Crippen LogP contribution in [0.4, 0.5) is 0 Å². The zero-order valence-corrected chi connectivity index (χ0v) is 11.3. The van der Waals surface area contributed by atoms with Crippen LogP contribution in [0.1, 0.15) is 65.7 Å². The first-order valence-electron chi connectivity index (χ1n) is 6.98. The van der Waals surface area contributed by atoms with Gasteiger partial charge in [-0.3, -0.25) is 0 Å². The summed E-state index contributed by atoms with van der Waals surface area (Å²) in [4.78, 5) is 0. The Labute approximate surface area is 101 Å². The lowest BCUT2D eigenvalue weighted by Gasteiger charge is -2.33. The minimum Gasteiger partial charge on any atom is -0.396 e. The summed E-state index contributed by atoms with van der Waals surface area (Å²) in [5, 5.41) is 12.8. The largest absolute Gasteiger partial charge is 0.396 e. The van der Waals surface area contributed by atoms with Crippen LogP contribution in [0.25, 0.3) is 0 Å². The molecule has 96 valence electrons. The molecule has 2 atom stereocenters. The molecule has 1 aliphatic rings. The molecule has 0 heterocycles. The summed E-state index contributed by atoms with van der Waals surface area (Å²) in [7, 11) is 0. The van der Waals surface area contributed by atoms with E-state index in [1.54, 1.807) is 0 Å². The third-order valence-corrected chi connectivity index (χ3v) is 4.20. The van der Waals surface area contributed by atoms with Crippen molar-refractivity contribution in [2.24, 2.45) is 5.92 Å². The minimum absolute atomic E-state index is 0.118. The van der Waals surface area contributed by atoms with Crippen LogP contribution in [0.5, 0.6) is 0 Å². The van der Waals surface area contributed by atoms with E-state index in [0.717, 1.165) is 18.8 Å². The van der Waals surface area contributed by atoms with E-state index in [4.69, 9.17) is 5.11 Å². The monoisotopic (exact) mass is 227 g/mol. The van der Waals surface area contributed by atoms with Crippen LogP contribution in [0, 0.1) is 5.92 Å². The lowest BCUT2D eigenvalue weighted by Crippen LogP contribution is -2.47. The van der Waals surface area contributed by atoms with Gasteiger partial charge in [0.1, 0.15) is 0 Å². The predicted molar refractivity (Wildman–Crippen MR) is 69.6 cm³/mol. The molecule has 0 spiro atoms. The lowest BCUT2D eigenvalue weighted by atomic mass is 9.91. The van der Waals surface area contributed by atoms with E-state index in [1.165, 1.54) is 32.1 Å². The average Bonchev–Trinajstić information content (AvgIpc) is 2.70. The number of rotatable bonds is 7. The van der Waals surface area contributed by atoms with Crippen LogP contribution in [0.3, 0.4) is 0 Å². The zero-order valence-electron chi connectivity index (χ0n) is 11.3. The van der Waals surface area contributed by atoms with Gasteiger partial charge < -0.3 is 10.4 Å². The van der Waals surface area contributed by atoms with E-state index in [0.29, 0.717) is 6.04 Å². The second-order valence-electron chi connectivity index (χ2n) is 5.82. The van der Waals surface area contributed by atoms with Crippen molar-refractivity contribution in [3.05, 3.63) is 0 Å². The summed E-state index contributed by atoms with van der Waals surface area (Å²) in [6.45, 7) is 7.01. The van der Waals surface area contributed by atoms with Crippen LogP contribution >= 0.6 is 0 Å². The highest BCUT2D eigenvalue weighted by Crippen LogP contribution is 2.29. The Hall–Kier alpha value is -0.0800. The molecule has 0 aromatic heterocycles. The van der Waals surface area contributed by atoms with Crippen molar-refractivity contribution < 1.29 is 5.11 Å². The second-order valence-corrected chi connectivity index (χ2v) is 5.82. The molecule has 1 saturated carbocycles. The molecule has 0 aromatic rings. The van der Waals surface area contributed by atoms with Gasteiger partial charge in [0.2, 0.25) is 0 Å². The Kier molecular flexibility index (Phi) is 5.77. The van der Waals surface area contributed by atoms with Gasteiger partial charge in [-0.25, -0.2) is 0 Å². The third kappa shape index (κ3) is 4.42. The smallest absolute Gasteiger partial charge is 0.0448 e. The standard InChI is InChI=1S/C14H29NO/c1-4-14(3,9-10-16)15-12(2)11-13-7-5-6-8-13/h12-13,15-16H,4-11H2,1-3H3. The van der Waals surface area contributed by atoms with Gasteiger partial charge in [-0.15, -0.1) is 0 Å². The van der Waals surface area contributed by atoms with Crippen molar-refractivity contribution in [3.63, 3.8) is 0 Å². The Morgan fingerprint density at radius 2 is 2.00 bits per heavy atom. The fraction of sp³-hybridized carbons (Fsp3) is 1.00. The maximum Gasteiger partial charge on any atom is 0.0448 e. The number of aliphatic hydroxyl groups excluding tert-OH is 1. The molecule has 0 aromatic carbocycles. The van der Waals surface area contributed by atoms with Crippen LogP contribution in [0.2, 0.25) is 0 Å². The summed E-state index contributed by atoms with van der Waals surface area (Å²) in [6, 6.07) is 0.583. The number of hydrogen-bond acceptors (Lipinski definition) is 2. The molecule has 1 aliphatic carbocycles. The van der Waals surface area contributed by atoms with E-state index < -0.39 is 0 Å². The molecule has 0 radical (unpaired) electrons. The first-order chi connectivity index (χ1) is 7.59.